The fourth-order valence-electron chi connectivity index (χ4n) is 2.50. The number of rotatable bonds is 4. The van der Waals surface area contributed by atoms with E-state index in [9.17, 15) is 4.79 Å². The van der Waals surface area contributed by atoms with Gasteiger partial charge < -0.3 is 15.8 Å². The van der Waals surface area contributed by atoms with Gasteiger partial charge in [-0.1, -0.05) is 13.8 Å². The molecule has 1 fully saturated rings. The Morgan fingerprint density at radius 1 is 1.52 bits per heavy atom. The Morgan fingerprint density at radius 2 is 2.19 bits per heavy atom. The quantitative estimate of drug-likeness (QED) is 0.885. The number of nitrogens with zero attached hydrogens (tertiary/aromatic N) is 1. The van der Waals surface area contributed by atoms with Gasteiger partial charge in [-0.05, 0) is 19.1 Å². The van der Waals surface area contributed by atoms with Crippen LogP contribution in [0.5, 0.6) is 0 Å². The number of hydrogen-bond donors (Lipinski definition) is 2. The van der Waals surface area contributed by atoms with Crippen molar-refractivity contribution >= 4 is 36.4 Å². The second kappa shape index (κ2) is 7.40. The smallest absolute Gasteiger partial charge is 0.245 e. The highest BCUT2D eigenvalue weighted by atomic mass is 35.5. The fourth-order valence-corrected chi connectivity index (χ4v) is 2.50. The summed E-state index contributed by atoms with van der Waals surface area (Å²) in [6.07, 6.45) is 3.83. The minimum Gasteiger partial charge on any atom is -0.378 e. The van der Waals surface area contributed by atoms with E-state index in [0.29, 0.717) is 18.7 Å². The van der Waals surface area contributed by atoms with E-state index in [0.717, 1.165) is 0 Å². The molecule has 5 nitrogen and oxygen atoms in total. The number of amides is 1. The van der Waals surface area contributed by atoms with Crippen molar-refractivity contribution in [1.29, 1.82) is 0 Å². The Hall–Kier alpha value is -0.880. The van der Waals surface area contributed by atoms with Crippen molar-refractivity contribution in [2.75, 3.05) is 11.9 Å². The summed E-state index contributed by atoms with van der Waals surface area (Å²) in [5, 5.41) is 2.82. The van der Waals surface area contributed by atoms with Crippen LogP contribution in [0.3, 0.4) is 0 Å². The Kier molecular flexibility index (Phi) is 7.09. The fraction of sp³-hybridized carbons (Fsp3) is 0.571. The van der Waals surface area contributed by atoms with Crippen molar-refractivity contribution < 1.29 is 9.53 Å². The topological polar surface area (TPSA) is 77.2 Å². The van der Waals surface area contributed by atoms with Crippen LogP contribution in [-0.4, -0.2) is 29.1 Å². The van der Waals surface area contributed by atoms with E-state index in [1.807, 2.05) is 20.8 Å². The average molecular weight is 336 g/mol. The lowest BCUT2D eigenvalue weighted by Gasteiger charge is -2.57. The highest BCUT2D eigenvalue weighted by Gasteiger charge is 2.62. The molecule has 0 radical (unpaired) electrons. The second-order valence-corrected chi connectivity index (χ2v) is 5.54. The van der Waals surface area contributed by atoms with E-state index in [1.54, 1.807) is 24.5 Å². The van der Waals surface area contributed by atoms with Gasteiger partial charge in [0, 0.05) is 24.6 Å². The third-order valence-corrected chi connectivity index (χ3v) is 4.15. The van der Waals surface area contributed by atoms with Crippen LogP contribution in [-0.2, 0) is 9.53 Å². The van der Waals surface area contributed by atoms with Crippen LogP contribution in [0.2, 0.25) is 0 Å². The van der Waals surface area contributed by atoms with Crippen molar-refractivity contribution in [1.82, 2.24) is 4.98 Å². The molecule has 0 aliphatic heterocycles. The number of pyridine rings is 1. The molecule has 2 unspecified atom stereocenters. The first-order valence-corrected chi connectivity index (χ1v) is 6.54. The lowest BCUT2D eigenvalue weighted by Crippen LogP contribution is -2.74. The summed E-state index contributed by atoms with van der Waals surface area (Å²) in [4.78, 5) is 16.3. The zero-order valence-electron chi connectivity index (χ0n) is 12.5. The van der Waals surface area contributed by atoms with Crippen LogP contribution in [0.15, 0.2) is 24.5 Å². The van der Waals surface area contributed by atoms with E-state index >= 15 is 0 Å². The maximum absolute atomic E-state index is 12.4. The number of nitrogens with two attached hydrogens (primary N) is 1. The van der Waals surface area contributed by atoms with E-state index in [-0.39, 0.29) is 42.2 Å². The van der Waals surface area contributed by atoms with E-state index in [2.05, 4.69) is 10.3 Å². The highest BCUT2D eigenvalue weighted by molar-refractivity contribution is 5.99. The molecule has 21 heavy (non-hydrogen) atoms. The molecule has 1 aliphatic carbocycles. The number of halogens is 2. The summed E-state index contributed by atoms with van der Waals surface area (Å²) >= 11 is 0. The SMILES string of the molecule is CCOC1CC(N)(C(=O)Nc2cccnc2)C1(C)C.Cl.Cl. The van der Waals surface area contributed by atoms with Crippen molar-refractivity contribution in [3.63, 3.8) is 0 Å². The number of hydrogen-bond acceptors (Lipinski definition) is 4. The molecule has 0 aromatic carbocycles. The first-order valence-electron chi connectivity index (χ1n) is 6.54. The second-order valence-electron chi connectivity index (χ2n) is 5.54. The van der Waals surface area contributed by atoms with Gasteiger partial charge in [-0.2, -0.15) is 0 Å². The van der Waals surface area contributed by atoms with Gasteiger partial charge in [0.05, 0.1) is 18.0 Å². The van der Waals surface area contributed by atoms with Crippen LogP contribution in [0.25, 0.3) is 0 Å². The summed E-state index contributed by atoms with van der Waals surface area (Å²) < 4.78 is 5.62. The summed E-state index contributed by atoms with van der Waals surface area (Å²) in [5.74, 6) is -0.179. The highest BCUT2D eigenvalue weighted by Crippen LogP contribution is 2.50. The van der Waals surface area contributed by atoms with Crippen molar-refractivity contribution in [2.45, 2.75) is 38.8 Å². The molecule has 120 valence electrons. The third-order valence-electron chi connectivity index (χ3n) is 4.15. The predicted molar refractivity (Wildman–Crippen MR) is 88.1 cm³/mol. The van der Waals surface area contributed by atoms with E-state index in [4.69, 9.17) is 10.5 Å². The lowest BCUT2D eigenvalue weighted by molar-refractivity contribution is -0.166. The molecular formula is C14H23Cl2N3O2. The molecule has 1 heterocycles. The Bertz CT molecular complexity index is 471. The van der Waals surface area contributed by atoms with Gasteiger partial charge in [0.2, 0.25) is 5.91 Å². The van der Waals surface area contributed by atoms with Gasteiger partial charge in [0.1, 0.15) is 5.54 Å². The van der Waals surface area contributed by atoms with Gasteiger partial charge in [-0.25, -0.2) is 0 Å². The monoisotopic (exact) mass is 335 g/mol. The largest absolute Gasteiger partial charge is 0.378 e. The Balaban J connectivity index is 0.00000200. The summed E-state index contributed by atoms with van der Waals surface area (Å²) in [6.45, 7) is 6.52. The Labute approximate surface area is 137 Å². The van der Waals surface area contributed by atoms with Gasteiger partial charge in [0.15, 0.2) is 0 Å². The molecule has 1 aromatic heterocycles. The van der Waals surface area contributed by atoms with Gasteiger partial charge in [-0.3, -0.25) is 9.78 Å². The minimum atomic E-state index is -0.900. The number of ether oxygens (including phenoxy) is 1. The molecule has 1 saturated carbocycles. The third kappa shape index (κ3) is 3.48. The summed E-state index contributed by atoms with van der Waals surface area (Å²) in [6, 6.07) is 3.56. The number of anilines is 1. The predicted octanol–water partition coefficient (Wildman–Crippen LogP) is 2.40. The maximum Gasteiger partial charge on any atom is 0.245 e. The minimum absolute atomic E-state index is 0. The molecule has 7 heteroatoms. The van der Waals surface area contributed by atoms with Gasteiger partial charge in [-0.15, -0.1) is 24.8 Å². The van der Waals surface area contributed by atoms with Crippen LogP contribution in [0.1, 0.15) is 27.2 Å². The first-order chi connectivity index (χ1) is 8.91. The van der Waals surface area contributed by atoms with Crippen LogP contribution in [0.4, 0.5) is 5.69 Å². The normalized spacial score (nSPS) is 25.8. The standard InChI is InChI=1S/C14H21N3O2.2ClH/c1-4-19-11-8-14(15,13(11,2)3)12(18)17-10-6-5-7-16-9-10;;/h5-7,9,11H,4,8,15H2,1-3H3,(H,17,18);2*1H. The zero-order chi connectivity index (χ0) is 14.1. The lowest BCUT2D eigenvalue weighted by atomic mass is 9.54. The number of carbonyl (C=O) groups excluding carboxylic acids is 1. The van der Waals surface area contributed by atoms with E-state index < -0.39 is 5.54 Å². The number of carbonyl (C=O) groups is 1. The molecule has 0 saturated heterocycles. The molecule has 2 atom stereocenters. The molecule has 0 bridgehead atoms. The molecule has 1 aliphatic rings. The van der Waals surface area contributed by atoms with Crippen LogP contribution < -0.4 is 11.1 Å². The maximum atomic E-state index is 12.4. The van der Waals surface area contributed by atoms with Gasteiger partial charge in [0.25, 0.3) is 0 Å². The molecule has 1 amide bonds. The van der Waals surface area contributed by atoms with Gasteiger partial charge >= 0.3 is 0 Å². The van der Waals surface area contributed by atoms with Crippen LogP contribution >= 0.6 is 24.8 Å². The van der Waals surface area contributed by atoms with Crippen molar-refractivity contribution in [3.05, 3.63) is 24.5 Å². The average Bonchev–Trinajstić information content (AvgIpc) is 2.39. The van der Waals surface area contributed by atoms with Crippen molar-refractivity contribution in [3.8, 4) is 0 Å². The zero-order valence-corrected chi connectivity index (χ0v) is 14.1. The Morgan fingerprint density at radius 3 is 2.67 bits per heavy atom. The first kappa shape index (κ1) is 20.1. The van der Waals surface area contributed by atoms with Crippen LogP contribution in [0, 0.1) is 5.41 Å². The molecule has 1 aromatic rings. The molecular weight excluding hydrogens is 313 g/mol. The molecule has 0 spiro atoms. The summed E-state index contributed by atoms with van der Waals surface area (Å²) in [5.41, 5.74) is 5.66. The van der Waals surface area contributed by atoms with E-state index in [1.165, 1.54) is 0 Å². The number of aromatic nitrogens is 1. The van der Waals surface area contributed by atoms with Crippen molar-refractivity contribution in [2.24, 2.45) is 11.1 Å². The summed E-state index contributed by atoms with van der Waals surface area (Å²) in [7, 11) is 0. The molecule has 3 N–H and O–H groups in total. The molecule has 2 rings (SSSR count). The number of nitrogens with one attached hydrogen (secondary N) is 1.